The van der Waals surface area contributed by atoms with Gasteiger partial charge in [-0.25, -0.2) is 4.79 Å². The molecule has 4 fully saturated rings. The standard InChI is InChI=1S/C38H65NO9/c1-10-12-26(39-37(42)48-38(7,8)9)20-28-14-16-30(43-28)22(3)34-23(4)31-18-19-33(46-31)25(6)35(40)45-27(13-11-2)21-29-15-17-32(44-29)24(5)36(41)47-34/h22-34H,10-21H2,1-9H3,(H,39,42)/t22-,23+,24-,25+,26+,27-,28-,29+,30+,31+,32-,33-,34-/m0/s1. The van der Waals surface area contributed by atoms with Crippen LogP contribution in [0.2, 0.25) is 0 Å². The molecule has 4 rings (SSSR count). The van der Waals surface area contributed by atoms with Crippen molar-refractivity contribution in [2.75, 3.05) is 0 Å². The van der Waals surface area contributed by atoms with E-state index in [2.05, 4.69) is 33.0 Å². The van der Waals surface area contributed by atoms with Gasteiger partial charge in [0.2, 0.25) is 0 Å². The van der Waals surface area contributed by atoms with Gasteiger partial charge in [-0.2, -0.15) is 0 Å². The fourth-order valence-electron chi connectivity index (χ4n) is 8.17. The Morgan fingerprint density at radius 3 is 2.15 bits per heavy atom. The topological polar surface area (TPSA) is 119 Å². The van der Waals surface area contributed by atoms with E-state index in [0.717, 1.165) is 64.2 Å². The summed E-state index contributed by atoms with van der Waals surface area (Å²) in [7, 11) is 0. The molecule has 0 saturated carbocycles. The fraction of sp³-hybridized carbons (Fsp3) is 0.921. The molecule has 10 nitrogen and oxygen atoms in total. The van der Waals surface area contributed by atoms with Gasteiger partial charge in [-0.05, 0) is 92.4 Å². The number of ether oxygens (including phenoxy) is 6. The number of hydrogen-bond acceptors (Lipinski definition) is 9. The third-order valence-electron chi connectivity index (χ3n) is 11.0. The van der Waals surface area contributed by atoms with Crippen molar-refractivity contribution in [1.29, 1.82) is 0 Å². The molecule has 13 atom stereocenters. The van der Waals surface area contributed by atoms with Crippen LogP contribution in [0.5, 0.6) is 0 Å². The molecule has 0 radical (unpaired) electrons. The molecule has 1 amide bonds. The van der Waals surface area contributed by atoms with Gasteiger partial charge in [-0.15, -0.1) is 0 Å². The summed E-state index contributed by atoms with van der Waals surface area (Å²) in [6, 6.07) is -0.0471. The van der Waals surface area contributed by atoms with E-state index in [1.54, 1.807) is 0 Å². The van der Waals surface area contributed by atoms with Gasteiger partial charge >= 0.3 is 18.0 Å². The number of hydrogen-bond donors (Lipinski definition) is 1. The van der Waals surface area contributed by atoms with E-state index in [4.69, 9.17) is 28.4 Å². The third kappa shape index (κ3) is 10.5. The molecule has 1 N–H and O–H groups in total. The molecular formula is C38H65NO9. The minimum absolute atomic E-state index is 0.0145. The van der Waals surface area contributed by atoms with Gasteiger partial charge in [0.05, 0.1) is 48.5 Å². The summed E-state index contributed by atoms with van der Waals surface area (Å²) in [6.45, 7) is 17.8. The molecule has 4 aliphatic heterocycles. The van der Waals surface area contributed by atoms with Gasteiger partial charge < -0.3 is 33.7 Å². The largest absolute Gasteiger partial charge is 0.462 e. The van der Waals surface area contributed by atoms with Gasteiger partial charge in [0, 0.05) is 24.3 Å². The molecule has 48 heavy (non-hydrogen) atoms. The van der Waals surface area contributed by atoms with Gasteiger partial charge in [0.25, 0.3) is 0 Å². The Hall–Kier alpha value is -1.91. The van der Waals surface area contributed by atoms with Crippen LogP contribution < -0.4 is 5.32 Å². The van der Waals surface area contributed by atoms with E-state index in [0.29, 0.717) is 12.8 Å². The predicted octanol–water partition coefficient (Wildman–Crippen LogP) is 7.28. The second-order valence-electron chi connectivity index (χ2n) is 16.2. The van der Waals surface area contributed by atoms with Crippen molar-refractivity contribution in [1.82, 2.24) is 5.32 Å². The first-order valence-corrected chi connectivity index (χ1v) is 19.1. The maximum atomic E-state index is 13.8. The van der Waals surface area contributed by atoms with Gasteiger partial charge in [0.15, 0.2) is 0 Å². The molecule has 276 valence electrons. The number of cyclic esters (lactones) is 2. The summed E-state index contributed by atoms with van der Waals surface area (Å²) >= 11 is 0. The van der Waals surface area contributed by atoms with Crippen LogP contribution in [0, 0.1) is 23.7 Å². The van der Waals surface area contributed by atoms with Crippen molar-refractivity contribution in [2.45, 2.75) is 200 Å². The van der Waals surface area contributed by atoms with Crippen molar-refractivity contribution >= 4 is 18.0 Å². The quantitative estimate of drug-likeness (QED) is 0.198. The van der Waals surface area contributed by atoms with E-state index < -0.39 is 23.7 Å². The monoisotopic (exact) mass is 679 g/mol. The minimum Gasteiger partial charge on any atom is -0.462 e. The van der Waals surface area contributed by atoms with Gasteiger partial charge in [-0.3, -0.25) is 9.59 Å². The first-order chi connectivity index (χ1) is 22.7. The zero-order chi connectivity index (χ0) is 35.2. The second kappa shape index (κ2) is 17.3. The van der Waals surface area contributed by atoms with Crippen LogP contribution in [0.1, 0.15) is 139 Å². The second-order valence-corrected chi connectivity index (χ2v) is 16.2. The fourth-order valence-corrected chi connectivity index (χ4v) is 8.17. The van der Waals surface area contributed by atoms with Crippen LogP contribution in [-0.4, -0.2) is 78.5 Å². The third-order valence-corrected chi connectivity index (χ3v) is 11.0. The Morgan fingerprint density at radius 1 is 0.833 bits per heavy atom. The molecule has 4 heterocycles. The Bertz CT molecular complexity index is 1060. The van der Waals surface area contributed by atoms with E-state index >= 15 is 0 Å². The molecule has 0 aliphatic carbocycles. The number of carbonyl (C=O) groups excluding carboxylic acids is 3. The first kappa shape index (κ1) is 38.9. The molecule has 0 aromatic heterocycles. The van der Waals surface area contributed by atoms with Crippen LogP contribution in [0.4, 0.5) is 4.79 Å². The number of amides is 1. The van der Waals surface area contributed by atoms with Crippen molar-refractivity contribution in [3.8, 4) is 0 Å². The molecule has 0 spiro atoms. The maximum Gasteiger partial charge on any atom is 0.407 e. The molecule has 0 aromatic carbocycles. The Morgan fingerprint density at radius 2 is 1.48 bits per heavy atom. The normalized spacial score (nSPS) is 37.8. The molecule has 4 saturated heterocycles. The number of alkyl carbamates (subject to hydrolysis) is 1. The lowest BCUT2D eigenvalue weighted by Crippen LogP contribution is -2.44. The smallest absolute Gasteiger partial charge is 0.407 e. The van der Waals surface area contributed by atoms with Gasteiger partial charge in [0.1, 0.15) is 17.8 Å². The van der Waals surface area contributed by atoms with Crippen LogP contribution in [0.15, 0.2) is 0 Å². The first-order valence-electron chi connectivity index (χ1n) is 19.1. The Labute approximate surface area is 289 Å². The number of esters is 2. The molecular weight excluding hydrogens is 614 g/mol. The van der Waals surface area contributed by atoms with E-state index in [9.17, 15) is 14.4 Å². The summed E-state index contributed by atoms with van der Waals surface area (Å²) in [6.07, 6.45) is 7.85. The highest BCUT2D eigenvalue weighted by molar-refractivity contribution is 5.73. The lowest BCUT2D eigenvalue weighted by molar-refractivity contribution is -0.175. The maximum absolute atomic E-state index is 13.8. The Balaban J connectivity index is 1.48. The zero-order valence-corrected chi connectivity index (χ0v) is 31.2. The van der Waals surface area contributed by atoms with Crippen LogP contribution in [0.3, 0.4) is 0 Å². The lowest BCUT2D eigenvalue weighted by atomic mass is 9.84. The molecule has 10 heteroatoms. The summed E-state index contributed by atoms with van der Waals surface area (Å²) in [5, 5.41) is 3.06. The molecule has 4 bridgehead atoms. The van der Waals surface area contributed by atoms with Crippen molar-refractivity contribution < 1.29 is 42.8 Å². The van der Waals surface area contributed by atoms with Crippen LogP contribution in [0.25, 0.3) is 0 Å². The summed E-state index contributed by atoms with van der Waals surface area (Å²) in [5.41, 5.74) is -0.560. The number of carbonyl (C=O) groups is 3. The van der Waals surface area contributed by atoms with E-state index in [1.807, 2.05) is 34.6 Å². The minimum atomic E-state index is -0.560. The SMILES string of the molecule is CCC[C@H](C[C@@H]1CC[C@H]([C@H](C)[C@@H]2OC(=O)[C@@H](C)[C@@H]3CC[C@H](C[C@H](CCC)OC(=O)[C@H](C)[C@@H]4CC[C@@H](O4)[C@H]2C)O3)O1)NC(=O)OC(C)(C)C. The highest BCUT2D eigenvalue weighted by Crippen LogP contribution is 2.39. The highest BCUT2D eigenvalue weighted by atomic mass is 16.6. The van der Waals surface area contributed by atoms with E-state index in [1.165, 1.54) is 0 Å². The number of nitrogens with one attached hydrogen (secondary N) is 1. The van der Waals surface area contributed by atoms with Crippen LogP contribution >= 0.6 is 0 Å². The zero-order valence-electron chi connectivity index (χ0n) is 31.2. The van der Waals surface area contributed by atoms with Crippen molar-refractivity contribution in [3.63, 3.8) is 0 Å². The van der Waals surface area contributed by atoms with Crippen LogP contribution in [-0.2, 0) is 38.0 Å². The highest BCUT2D eigenvalue weighted by Gasteiger charge is 2.46. The summed E-state index contributed by atoms with van der Waals surface area (Å²) in [5.74, 6) is -1.43. The lowest BCUT2D eigenvalue weighted by Gasteiger charge is -2.36. The Kier molecular flexibility index (Phi) is 14.1. The predicted molar refractivity (Wildman–Crippen MR) is 182 cm³/mol. The molecule has 4 aliphatic rings. The average molecular weight is 680 g/mol. The van der Waals surface area contributed by atoms with Crippen molar-refractivity contribution in [2.24, 2.45) is 23.7 Å². The van der Waals surface area contributed by atoms with Gasteiger partial charge in [-0.1, -0.05) is 40.5 Å². The number of rotatable bonds is 9. The number of fused-ring (bicyclic) bond motifs is 4. The summed E-state index contributed by atoms with van der Waals surface area (Å²) in [4.78, 5) is 39.7. The average Bonchev–Trinajstić information content (AvgIpc) is 3.79. The molecule has 0 unspecified atom stereocenters. The van der Waals surface area contributed by atoms with Crippen molar-refractivity contribution in [3.05, 3.63) is 0 Å². The van der Waals surface area contributed by atoms with E-state index in [-0.39, 0.29) is 78.5 Å². The summed E-state index contributed by atoms with van der Waals surface area (Å²) < 4.78 is 37.7. The molecule has 0 aromatic rings.